The lowest BCUT2D eigenvalue weighted by Crippen LogP contribution is -2.40. The van der Waals surface area contributed by atoms with Gasteiger partial charge in [0.15, 0.2) is 16.3 Å². The van der Waals surface area contributed by atoms with Crippen LogP contribution in [0.4, 0.5) is 0 Å². The molecule has 208 valence electrons. The van der Waals surface area contributed by atoms with Crippen molar-refractivity contribution in [3.63, 3.8) is 0 Å². The molecule has 5 rings (SSSR count). The summed E-state index contributed by atoms with van der Waals surface area (Å²) >= 11 is 1.24. The van der Waals surface area contributed by atoms with Crippen molar-refractivity contribution in [3.8, 4) is 29.6 Å². The number of fused-ring (bicyclic) bond motifs is 2. The van der Waals surface area contributed by atoms with Crippen molar-refractivity contribution in [2.45, 2.75) is 19.9 Å². The van der Waals surface area contributed by atoms with Gasteiger partial charge in [-0.3, -0.25) is 9.36 Å². The van der Waals surface area contributed by atoms with Crippen molar-refractivity contribution in [1.29, 1.82) is 0 Å². The molecule has 0 aliphatic carbocycles. The van der Waals surface area contributed by atoms with Crippen LogP contribution >= 0.6 is 11.3 Å². The number of carbonyl (C=O) groups is 1. The van der Waals surface area contributed by atoms with E-state index < -0.39 is 12.0 Å². The largest absolute Gasteiger partial charge is 0.496 e. The number of hydrogen-bond donors (Lipinski definition) is 0. The zero-order valence-corrected chi connectivity index (χ0v) is 23.9. The number of aromatic nitrogens is 1. The average molecular weight is 569 g/mol. The summed E-state index contributed by atoms with van der Waals surface area (Å²) in [4.78, 5) is 32.7. The molecule has 0 amide bonds. The number of carbonyl (C=O) groups excluding carboxylic acids is 1. The third-order valence-electron chi connectivity index (χ3n) is 6.74. The Bertz CT molecular complexity index is 1910. The lowest BCUT2D eigenvalue weighted by molar-refractivity contribution is -0.139. The van der Waals surface area contributed by atoms with Crippen LogP contribution < -0.4 is 29.1 Å². The molecular formula is C32H28N2O6S. The van der Waals surface area contributed by atoms with Crippen LogP contribution in [0.1, 0.15) is 31.0 Å². The number of ether oxygens (including phenoxy) is 4. The average Bonchev–Trinajstić information content (AvgIpc) is 3.28. The standard InChI is InChI=1S/C32H28N2O6S/c1-6-16-40-23-14-12-20(17-25(23)38-5)18-26-30(35)34-29(27(31(36)39-7-2)19(3)33-32(34)41-26)28-22-11-9-8-10-21(22)13-15-24(28)37-4/h1,8-15,17-18,29H,7,16H2,2-5H3/b26-18-/t29-/m1/s1. The van der Waals surface area contributed by atoms with E-state index in [1.165, 1.54) is 18.4 Å². The highest BCUT2D eigenvalue weighted by Crippen LogP contribution is 2.40. The number of rotatable bonds is 8. The fraction of sp³-hybridized carbons (Fsp3) is 0.219. The van der Waals surface area contributed by atoms with Crippen LogP contribution in [0, 0.1) is 12.3 Å². The molecule has 0 unspecified atom stereocenters. The van der Waals surface area contributed by atoms with Crippen LogP contribution in [0.15, 0.2) is 75.7 Å². The number of benzene rings is 3. The molecule has 1 aliphatic heterocycles. The molecule has 0 spiro atoms. The van der Waals surface area contributed by atoms with E-state index in [4.69, 9.17) is 25.4 Å². The Labute approximate surface area is 240 Å². The molecule has 9 heteroatoms. The first kappa shape index (κ1) is 27.7. The van der Waals surface area contributed by atoms with Crippen molar-refractivity contribution >= 4 is 34.2 Å². The van der Waals surface area contributed by atoms with Gasteiger partial charge in [-0.1, -0.05) is 53.7 Å². The van der Waals surface area contributed by atoms with Crippen molar-refractivity contribution in [2.75, 3.05) is 27.4 Å². The van der Waals surface area contributed by atoms with E-state index in [9.17, 15) is 9.59 Å². The zero-order valence-electron chi connectivity index (χ0n) is 23.1. The SMILES string of the molecule is C#CCOc1ccc(/C=c2\sc3n(c2=O)[C@@H](c2c(OC)ccc4ccccc24)C(C(=O)OCC)=C(C)N=3)cc1OC. The molecule has 0 fully saturated rings. The molecule has 41 heavy (non-hydrogen) atoms. The lowest BCUT2D eigenvalue weighted by Gasteiger charge is -2.27. The second-order valence-electron chi connectivity index (χ2n) is 9.11. The maximum atomic E-state index is 14.1. The zero-order chi connectivity index (χ0) is 29.1. The topological polar surface area (TPSA) is 88.4 Å². The van der Waals surface area contributed by atoms with E-state index in [-0.39, 0.29) is 24.3 Å². The first-order chi connectivity index (χ1) is 19.9. The minimum Gasteiger partial charge on any atom is -0.496 e. The molecule has 0 N–H and O–H groups in total. The Morgan fingerprint density at radius 1 is 1.10 bits per heavy atom. The molecule has 8 nitrogen and oxygen atoms in total. The van der Waals surface area contributed by atoms with Crippen LogP contribution in [0.2, 0.25) is 0 Å². The predicted octanol–water partition coefficient (Wildman–Crippen LogP) is 3.98. The van der Waals surface area contributed by atoms with Crippen molar-refractivity contribution in [3.05, 3.63) is 96.7 Å². The number of thiazole rings is 1. The third-order valence-corrected chi connectivity index (χ3v) is 7.72. The van der Waals surface area contributed by atoms with Crippen LogP contribution in [-0.4, -0.2) is 38.0 Å². The molecule has 0 saturated carbocycles. The first-order valence-corrected chi connectivity index (χ1v) is 13.7. The number of hydrogen-bond acceptors (Lipinski definition) is 8. The van der Waals surface area contributed by atoms with E-state index in [2.05, 4.69) is 10.9 Å². The molecule has 2 heterocycles. The van der Waals surface area contributed by atoms with Gasteiger partial charge >= 0.3 is 5.97 Å². The highest BCUT2D eigenvalue weighted by Gasteiger charge is 2.36. The summed E-state index contributed by atoms with van der Waals surface area (Å²) in [5, 5.41) is 1.80. The highest BCUT2D eigenvalue weighted by atomic mass is 32.1. The number of allylic oxidation sites excluding steroid dienone is 1. The lowest BCUT2D eigenvalue weighted by atomic mass is 9.90. The van der Waals surface area contributed by atoms with Crippen LogP contribution in [0.25, 0.3) is 16.8 Å². The van der Waals surface area contributed by atoms with E-state index in [0.29, 0.717) is 37.8 Å². The Hall–Kier alpha value is -4.81. The molecule has 1 aliphatic rings. The summed E-state index contributed by atoms with van der Waals surface area (Å²) in [6.07, 6.45) is 7.08. The number of esters is 1. The number of terminal acetylenes is 1. The highest BCUT2D eigenvalue weighted by molar-refractivity contribution is 7.07. The summed E-state index contributed by atoms with van der Waals surface area (Å²) in [6, 6.07) is 16.1. The van der Waals surface area contributed by atoms with Gasteiger partial charge in [-0.2, -0.15) is 0 Å². The summed E-state index contributed by atoms with van der Waals surface area (Å²) < 4.78 is 24.2. The molecule has 1 atom stereocenters. The van der Waals surface area contributed by atoms with Gasteiger partial charge in [0.25, 0.3) is 5.56 Å². The van der Waals surface area contributed by atoms with Crippen LogP contribution in [0.5, 0.6) is 17.2 Å². The number of nitrogens with zero attached hydrogens (tertiary/aromatic N) is 2. The van der Waals surface area contributed by atoms with Crippen LogP contribution in [-0.2, 0) is 9.53 Å². The second-order valence-corrected chi connectivity index (χ2v) is 10.1. The molecule has 3 aromatic carbocycles. The van der Waals surface area contributed by atoms with Gasteiger partial charge in [0.05, 0.1) is 36.6 Å². The van der Waals surface area contributed by atoms with Gasteiger partial charge < -0.3 is 18.9 Å². The normalized spacial score (nSPS) is 14.7. The van der Waals surface area contributed by atoms with Crippen molar-refractivity contribution < 1.29 is 23.7 Å². The minimum absolute atomic E-state index is 0.105. The maximum Gasteiger partial charge on any atom is 0.338 e. The Morgan fingerprint density at radius 2 is 1.85 bits per heavy atom. The summed E-state index contributed by atoms with van der Waals surface area (Å²) in [6.45, 7) is 3.79. The summed E-state index contributed by atoms with van der Waals surface area (Å²) in [7, 11) is 3.11. The van der Waals surface area contributed by atoms with Gasteiger partial charge in [-0.25, -0.2) is 9.79 Å². The van der Waals surface area contributed by atoms with Gasteiger partial charge in [0, 0.05) is 5.56 Å². The molecule has 0 radical (unpaired) electrons. The Balaban J connectivity index is 1.76. The summed E-state index contributed by atoms with van der Waals surface area (Å²) in [5.41, 5.74) is 1.88. The molecule has 4 aromatic rings. The Morgan fingerprint density at radius 3 is 2.59 bits per heavy atom. The van der Waals surface area contributed by atoms with Gasteiger partial charge in [-0.15, -0.1) is 6.42 Å². The van der Waals surface area contributed by atoms with E-state index in [0.717, 1.165) is 16.3 Å². The van der Waals surface area contributed by atoms with E-state index >= 15 is 0 Å². The molecule has 1 aromatic heterocycles. The summed E-state index contributed by atoms with van der Waals surface area (Å²) in [5.74, 6) is 3.44. The Kier molecular flexibility index (Phi) is 7.95. The van der Waals surface area contributed by atoms with Gasteiger partial charge in [-0.05, 0) is 54.5 Å². The quantitative estimate of drug-likeness (QED) is 0.236. The van der Waals surface area contributed by atoms with Gasteiger partial charge in [0.1, 0.15) is 18.4 Å². The fourth-order valence-electron chi connectivity index (χ4n) is 4.96. The first-order valence-electron chi connectivity index (χ1n) is 12.9. The monoisotopic (exact) mass is 568 g/mol. The molecule has 0 saturated heterocycles. The van der Waals surface area contributed by atoms with Crippen molar-refractivity contribution in [2.24, 2.45) is 4.99 Å². The van der Waals surface area contributed by atoms with Crippen molar-refractivity contribution in [1.82, 2.24) is 4.57 Å². The van der Waals surface area contributed by atoms with E-state index in [1.807, 2.05) is 42.5 Å². The maximum absolute atomic E-state index is 14.1. The second kappa shape index (κ2) is 11.7. The molecule has 0 bridgehead atoms. The predicted molar refractivity (Wildman–Crippen MR) is 158 cm³/mol. The van der Waals surface area contributed by atoms with Crippen LogP contribution in [0.3, 0.4) is 0 Å². The van der Waals surface area contributed by atoms with Gasteiger partial charge in [0.2, 0.25) is 0 Å². The fourth-order valence-corrected chi connectivity index (χ4v) is 6.01. The number of methoxy groups -OCH3 is 2. The minimum atomic E-state index is -0.817. The smallest absolute Gasteiger partial charge is 0.338 e. The van der Waals surface area contributed by atoms with E-state index in [1.54, 1.807) is 43.7 Å². The third kappa shape index (κ3) is 5.10. The molecular weight excluding hydrogens is 540 g/mol.